The van der Waals surface area contributed by atoms with Gasteiger partial charge in [0.05, 0.1) is 5.92 Å². The van der Waals surface area contributed by atoms with Gasteiger partial charge < -0.3 is 10.4 Å². The van der Waals surface area contributed by atoms with E-state index in [0.717, 1.165) is 44.2 Å². The number of nitrogens with one attached hydrogen (secondary N) is 1. The Morgan fingerprint density at radius 3 is 2.74 bits per heavy atom. The summed E-state index contributed by atoms with van der Waals surface area (Å²) >= 11 is 0. The molecule has 1 amide bonds. The van der Waals surface area contributed by atoms with Crippen molar-refractivity contribution in [1.82, 2.24) is 5.32 Å². The van der Waals surface area contributed by atoms with E-state index in [9.17, 15) is 14.7 Å². The SMILES string of the molecule is C[C@]12CC[C@H]3[C@@H](CC=C4NC(=O)CC[C@@]43C)[C@@H]1CC[C@@H]2C(=O)O. The molecule has 1 saturated heterocycles. The van der Waals surface area contributed by atoms with Crippen molar-refractivity contribution >= 4 is 11.9 Å². The van der Waals surface area contributed by atoms with Gasteiger partial charge in [-0.2, -0.15) is 0 Å². The van der Waals surface area contributed by atoms with Gasteiger partial charge in [0.2, 0.25) is 5.91 Å². The Morgan fingerprint density at radius 1 is 1.22 bits per heavy atom. The zero-order valence-electron chi connectivity index (χ0n) is 14.1. The quantitative estimate of drug-likeness (QED) is 0.779. The molecule has 4 heteroatoms. The smallest absolute Gasteiger partial charge is 0.307 e. The van der Waals surface area contributed by atoms with Gasteiger partial charge in [0, 0.05) is 17.5 Å². The second-order valence-electron chi connectivity index (χ2n) is 8.71. The molecule has 0 radical (unpaired) electrons. The highest BCUT2D eigenvalue weighted by Gasteiger charge is 2.60. The predicted octanol–water partition coefficient (Wildman–Crippen LogP) is 3.33. The zero-order valence-corrected chi connectivity index (χ0v) is 14.1. The topological polar surface area (TPSA) is 66.4 Å². The van der Waals surface area contributed by atoms with Gasteiger partial charge in [-0.15, -0.1) is 0 Å². The molecule has 4 nitrogen and oxygen atoms in total. The van der Waals surface area contributed by atoms with Crippen LogP contribution in [0.25, 0.3) is 0 Å². The van der Waals surface area contributed by atoms with Crippen LogP contribution in [0.2, 0.25) is 0 Å². The first kappa shape index (κ1) is 15.2. The molecule has 4 aliphatic rings. The molecular formula is C19H27NO3. The average molecular weight is 317 g/mol. The van der Waals surface area contributed by atoms with Crippen LogP contribution >= 0.6 is 0 Å². The molecule has 0 spiro atoms. The number of rotatable bonds is 1. The van der Waals surface area contributed by atoms with Crippen molar-refractivity contribution in [2.24, 2.45) is 34.5 Å². The minimum absolute atomic E-state index is 0.0351. The number of carbonyl (C=O) groups excluding carboxylic acids is 1. The maximum atomic E-state index is 11.8. The van der Waals surface area contributed by atoms with Crippen LogP contribution in [0, 0.1) is 34.5 Å². The standard InChI is InChI=1S/C19H27NO3/c1-18-9-7-13-11(12(18)4-5-14(18)17(22)23)3-6-15-19(13,2)10-8-16(21)20-15/h6,11-14H,3-5,7-10H2,1-2H3,(H,20,21)(H,22,23)/t11-,12-,13-,14+,18-,19+/m0/s1. The van der Waals surface area contributed by atoms with E-state index in [1.165, 1.54) is 0 Å². The van der Waals surface area contributed by atoms with E-state index in [1.54, 1.807) is 0 Å². The first-order chi connectivity index (χ1) is 10.9. The Balaban J connectivity index is 1.67. The van der Waals surface area contributed by atoms with Crippen LogP contribution < -0.4 is 5.32 Å². The zero-order chi connectivity index (χ0) is 16.4. The van der Waals surface area contributed by atoms with Gasteiger partial charge in [0.15, 0.2) is 0 Å². The molecule has 0 aromatic heterocycles. The number of hydrogen-bond acceptors (Lipinski definition) is 2. The maximum absolute atomic E-state index is 11.8. The molecule has 1 heterocycles. The van der Waals surface area contributed by atoms with Crippen molar-refractivity contribution in [1.29, 1.82) is 0 Å². The van der Waals surface area contributed by atoms with E-state index in [1.807, 2.05) is 0 Å². The van der Waals surface area contributed by atoms with Crippen molar-refractivity contribution in [2.75, 3.05) is 0 Å². The van der Waals surface area contributed by atoms with E-state index in [2.05, 4.69) is 25.2 Å². The number of hydrogen-bond donors (Lipinski definition) is 2. The lowest BCUT2D eigenvalue weighted by atomic mass is 9.49. The summed E-state index contributed by atoms with van der Waals surface area (Å²) in [5, 5.41) is 12.7. The van der Waals surface area contributed by atoms with E-state index in [-0.39, 0.29) is 22.7 Å². The van der Waals surface area contributed by atoms with Crippen LogP contribution in [-0.2, 0) is 9.59 Å². The lowest BCUT2D eigenvalue weighted by Crippen LogP contribution is -2.53. The summed E-state index contributed by atoms with van der Waals surface area (Å²) in [6.07, 6.45) is 8.83. The molecular weight excluding hydrogens is 290 g/mol. The Morgan fingerprint density at radius 2 is 2.00 bits per heavy atom. The molecule has 3 fully saturated rings. The number of carboxylic acids is 1. The number of aliphatic carboxylic acids is 1. The number of carbonyl (C=O) groups is 2. The fourth-order valence-corrected chi connectivity index (χ4v) is 6.60. The maximum Gasteiger partial charge on any atom is 0.307 e. The van der Waals surface area contributed by atoms with Gasteiger partial charge in [0.1, 0.15) is 0 Å². The lowest BCUT2D eigenvalue weighted by molar-refractivity contribution is -0.149. The molecule has 4 rings (SSSR count). The molecule has 0 unspecified atom stereocenters. The summed E-state index contributed by atoms with van der Waals surface area (Å²) in [7, 11) is 0. The number of amides is 1. The first-order valence-corrected chi connectivity index (χ1v) is 9.09. The third-order valence-corrected chi connectivity index (χ3v) is 7.91. The van der Waals surface area contributed by atoms with Gasteiger partial charge in [-0.25, -0.2) is 0 Å². The van der Waals surface area contributed by atoms with E-state index in [4.69, 9.17) is 0 Å². The third-order valence-electron chi connectivity index (χ3n) is 7.91. The highest BCUT2D eigenvalue weighted by molar-refractivity contribution is 5.79. The molecule has 0 aromatic rings. The van der Waals surface area contributed by atoms with Crippen LogP contribution in [0.4, 0.5) is 0 Å². The van der Waals surface area contributed by atoms with Crippen molar-refractivity contribution < 1.29 is 14.7 Å². The Kier molecular flexibility index (Phi) is 3.20. The third kappa shape index (κ3) is 1.96. The van der Waals surface area contributed by atoms with Gasteiger partial charge in [-0.3, -0.25) is 9.59 Å². The summed E-state index contributed by atoms with van der Waals surface area (Å²) in [6.45, 7) is 4.55. The molecule has 2 saturated carbocycles. The summed E-state index contributed by atoms with van der Waals surface area (Å²) in [4.78, 5) is 23.4. The van der Waals surface area contributed by atoms with E-state index >= 15 is 0 Å². The molecule has 126 valence electrons. The van der Waals surface area contributed by atoms with Gasteiger partial charge in [0.25, 0.3) is 0 Å². The number of piperidine rings is 1. The fraction of sp³-hybridized carbons (Fsp3) is 0.789. The Labute approximate surface area is 137 Å². The normalized spacial score (nSPS) is 48.6. The molecule has 6 atom stereocenters. The van der Waals surface area contributed by atoms with Crippen molar-refractivity contribution in [3.05, 3.63) is 11.8 Å². The summed E-state index contributed by atoms with van der Waals surface area (Å²) in [6, 6.07) is 0. The molecule has 2 N–H and O–H groups in total. The summed E-state index contributed by atoms with van der Waals surface area (Å²) in [5.74, 6) is 1.08. The highest BCUT2D eigenvalue weighted by Crippen LogP contribution is 2.65. The van der Waals surface area contributed by atoms with Crippen LogP contribution in [0.15, 0.2) is 11.8 Å². The molecule has 0 bridgehead atoms. The molecule has 1 aliphatic heterocycles. The molecule has 0 aromatic carbocycles. The monoisotopic (exact) mass is 317 g/mol. The van der Waals surface area contributed by atoms with E-state index < -0.39 is 5.97 Å². The second-order valence-corrected chi connectivity index (χ2v) is 8.71. The van der Waals surface area contributed by atoms with E-state index in [0.29, 0.717) is 24.2 Å². The lowest BCUT2D eigenvalue weighted by Gasteiger charge is -2.56. The van der Waals surface area contributed by atoms with Crippen molar-refractivity contribution in [3.8, 4) is 0 Å². The number of carboxylic acid groups (broad SMARTS) is 1. The second kappa shape index (κ2) is 4.84. The average Bonchev–Trinajstić information content (AvgIpc) is 2.85. The summed E-state index contributed by atoms with van der Waals surface area (Å²) < 4.78 is 0. The van der Waals surface area contributed by atoms with Crippen molar-refractivity contribution in [2.45, 2.75) is 58.8 Å². The molecule has 23 heavy (non-hydrogen) atoms. The minimum Gasteiger partial charge on any atom is -0.481 e. The van der Waals surface area contributed by atoms with Crippen LogP contribution in [0.3, 0.4) is 0 Å². The summed E-state index contributed by atoms with van der Waals surface area (Å²) in [5.41, 5.74) is 1.19. The first-order valence-electron chi connectivity index (χ1n) is 9.09. The van der Waals surface area contributed by atoms with Gasteiger partial charge in [-0.05, 0) is 61.7 Å². The molecule has 3 aliphatic carbocycles. The van der Waals surface area contributed by atoms with Crippen LogP contribution in [0.5, 0.6) is 0 Å². The Hall–Kier alpha value is -1.32. The Bertz CT molecular complexity index is 597. The van der Waals surface area contributed by atoms with Crippen molar-refractivity contribution in [3.63, 3.8) is 0 Å². The van der Waals surface area contributed by atoms with Crippen LogP contribution in [0.1, 0.15) is 58.8 Å². The minimum atomic E-state index is -0.600. The predicted molar refractivity (Wildman–Crippen MR) is 86.4 cm³/mol. The number of allylic oxidation sites excluding steroid dienone is 2. The largest absolute Gasteiger partial charge is 0.481 e. The highest BCUT2D eigenvalue weighted by atomic mass is 16.4. The number of fused-ring (bicyclic) bond motifs is 5. The van der Waals surface area contributed by atoms with Gasteiger partial charge in [-0.1, -0.05) is 19.9 Å². The van der Waals surface area contributed by atoms with Gasteiger partial charge >= 0.3 is 5.97 Å². The fourth-order valence-electron chi connectivity index (χ4n) is 6.60. The van der Waals surface area contributed by atoms with Crippen LogP contribution in [-0.4, -0.2) is 17.0 Å².